The van der Waals surface area contributed by atoms with Crippen LogP contribution in [0.3, 0.4) is 0 Å². The second-order valence-corrected chi connectivity index (χ2v) is 6.23. The highest BCUT2D eigenvalue weighted by Crippen LogP contribution is 2.17. The van der Waals surface area contributed by atoms with Gasteiger partial charge in [-0.25, -0.2) is 0 Å². The molecule has 1 aromatic heterocycles. The molecule has 1 fully saturated rings. The van der Waals surface area contributed by atoms with Crippen molar-refractivity contribution in [1.82, 2.24) is 19.9 Å². The van der Waals surface area contributed by atoms with Gasteiger partial charge in [0, 0.05) is 18.7 Å². The van der Waals surface area contributed by atoms with E-state index >= 15 is 0 Å². The molecule has 0 saturated carbocycles. The minimum atomic E-state index is 0.0979. The molecule has 1 aromatic carbocycles. The number of carbonyl (C=O) groups excluding carboxylic acids is 1. The predicted molar refractivity (Wildman–Crippen MR) is 92.8 cm³/mol. The van der Waals surface area contributed by atoms with E-state index in [9.17, 15) is 4.79 Å². The molecule has 1 saturated heterocycles. The first-order valence-corrected chi connectivity index (χ1v) is 8.61. The van der Waals surface area contributed by atoms with Gasteiger partial charge in [0.15, 0.2) is 0 Å². The fourth-order valence-corrected chi connectivity index (χ4v) is 2.76. The van der Waals surface area contributed by atoms with Crippen LogP contribution in [0.4, 0.5) is 0 Å². The first-order chi connectivity index (χ1) is 12.2. The highest BCUT2D eigenvalue weighted by Gasteiger charge is 2.19. The van der Waals surface area contributed by atoms with Crippen molar-refractivity contribution in [2.75, 3.05) is 39.9 Å². The van der Waals surface area contributed by atoms with Crippen molar-refractivity contribution in [3.63, 3.8) is 0 Å². The summed E-state index contributed by atoms with van der Waals surface area (Å²) in [6.07, 6.45) is 1.000. The number of aryl methyl sites for hydroxylation is 1. The molecule has 0 N–H and O–H groups in total. The number of hydrogen-bond acceptors (Lipinski definition) is 6. The number of rotatable bonds is 6. The number of hydrogen-bond donors (Lipinski definition) is 0. The topological polar surface area (TPSA) is 71.7 Å². The third-order valence-electron chi connectivity index (χ3n) is 4.26. The van der Waals surface area contributed by atoms with E-state index in [1.807, 2.05) is 29.0 Å². The maximum absolute atomic E-state index is 12.2. The summed E-state index contributed by atoms with van der Waals surface area (Å²) in [6.45, 7) is 5.42. The SMILES string of the molecule is CCc1ccc(-c2noc(CN(C)CC(=O)N3CCOCC3)n2)cc1. The summed E-state index contributed by atoms with van der Waals surface area (Å²) in [7, 11) is 1.87. The summed E-state index contributed by atoms with van der Waals surface area (Å²) in [6, 6.07) is 8.13. The zero-order chi connectivity index (χ0) is 17.6. The van der Waals surface area contributed by atoms with Crippen LogP contribution in [-0.4, -0.2) is 65.7 Å². The normalized spacial score (nSPS) is 14.9. The monoisotopic (exact) mass is 344 g/mol. The molecule has 2 heterocycles. The number of morpholine rings is 1. The summed E-state index contributed by atoms with van der Waals surface area (Å²) in [5, 5.41) is 4.04. The van der Waals surface area contributed by atoms with E-state index in [1.54, 1.807) is 0 Å². The Balaban J connectivity index is 1.55. The maximum Gasteiger partial charge on any atom is 0.241 e. The summed E-state index contributed by atoms with van der Waals surface area (Å²) >= 11 is 0. The van der Waals surface area contributed by atoms with E-state index in [-0.39, 0.29) is 5.91 Å². The predicted octanol–water partition coefficient (Wildman–Crippen LogP) is 1.59. The van der Waals surface area contributed by atoms with Crippen molar-refractivity contribution in [2.24, 2.45) is 0 Å². The Labute approximate surface area is 147 Å². The van der Waals surface area contributed by atoms with E-state index < -0.39 is 0 Å². The van der Waals surface area contributed by atoms with Crippen LogP contribution in [0.5, 0.6) is 0 Å². The van der Waals surface area contributed by atoms with Crippen LogP contribution in [0, 0.1) is 0 Å². The molecule has 3 rings (SSSR count). The van der Waals surface area contributed by atoms with E-state index in [1.165, 1.54) is 5.56 Å². The lowest BCUT2D eigenvalue weighted by atomic mass is 10.1. The fraction of sp³-hybridized carbons (Fsp3) is 0.500. The van der Waals surface area contributed by atoms with Crippen molar-refractivity contribution >= 4 is 5.91 Å². The highest BCUT2D eigenvalue weighted by molar-refractivity contribution is 5.78. The third-order valence-corrected chi connectivity index (χ3v) is 4.26. The molecule has 2 aromatic rings. The molecule has 134 valence electrons. The van der Waals surface area contributed by atoms with Crippen molar-refractivity contribution in [3.05, 3.63) is 35.7 Å². The van der Waals surface area contributed by atoms with Gasteiger partial charge in [-0.2, -0.15) is 4.98 Å². The molecule has 1 amide bonds. The Bertz CT molecular complexity index is 693. The van der Waals surface area contributed by atoms with Gasteiger partial charge in [0.2, 0.25) is 17.6 Å². The first-order valence-electron chi connectivity index (χ1n) is 8.61. The molecular formula is C18H24N4O3. The molecular weight excluding hydrogens is 320 g/mol. The molecule has 0 spiro atoms. The summed E-state index contributed by atoms with van der Waals surface area (Å²) in [5.74, 6) is 1.18. The lowest BCUT2D eigenvalue weighted by molar-refractivity contribution is -0.136. The first kappa shape index (κ1) is 17.6. The zero-order valence-electron chi connectivity index (χ0n) is 14.8. The van der Waals surface area contributed by atoms with Gasteiger partial charge in [0.25, 0.3) is 0 Å². The molecule has 0 radical (unpaired) electrons. The van der Waals surface area contributed by atoms with Crippen molar-refractivity contribution < 1.29 is 14.1 Å². The lowest BCUT2D eigenvalue weighted by Crippen LogP contribution is -2.44. The maximum atomic E-state index is 12.2. The highest BCUT2D eigenvalue weighted by atomic mass is 16.5. The van der Waals surface area contributed by atoms with E-state index in [0.717, 1.165) is 12.0 Å². The summed E-state index contributed by atoms with van der Waals surface area (Å²) in [5.41, 5.74) is 2.20. The molecule has 0 atom stereocenters. The van der Waals surface area contributed by atoms with Crippen LogP contribution in [0.15, 0.2) is 28.8 Å². The van der Waals surface area contributed by atoms with Gasteiger partial charge < -0.3 is 14.2 Å². The fourth-order valence-electron chi connectivity index (χ4n) is 2.76. The van der Waals surface area contributed by atoms with Gasteiger partial charge >= 0.3 is 0 Å². The zero-order valence-corrected chi connectivity index (χ0v) is 14.8. The van der Waals surface area contributed by atoms with E-state index in [0.29, 0.717) is 51.1 Å². The summed E-state index contributed by atoms with van der Waals surface area (Å²) < 4.78 is 10.6. The molecule has 1 aliphatic heterocycles. The Hall–Kier alpha value is -2.25. The summed E-state index contributed by atoms with van der Waals surface area (Å²) in [4.78, 5) is 20.4. The van der Waals surface area contributed by atoms with Crippen LogP contribution in [0.1, 0.15) is 18.4 Å². The van der Waals surface area contributed by atoms with Crippen LogP contribution in [0.2, 0.25) is 0 Å². The minimum absolute atomic E-state index is 0.0979. The van der Waals surface area contributed by atoms with Crippen molar-refractivity contribution in [1.29, 1.82) is 0 Å². The quantitative estimate of drug-likeness (QED) is 0.792. The number of ether oxygens (including phenoxy) is 1. The molecule has 0 bridgehead atoms. The standard InChI is InChI=1S/C18H24N4O3/c1-3-14-4-6-15(7-5-14)18-19-16(25-20-18)12-21(2)13-17(23)22-8-10-24-11-9-22/h4-7H,3,8-13H2,1-2H3. The van der Waals surface area contributed by atoms with Gasteiger partial charge in [-0.05, 0) is 19.0 Å². The minimum Gasteiger partial charge on any atom is -0.378 e. The number of nitrogens with zero attached hydrogens (tertiary/aromatic N) is 4. The van der Waals surface area contributed by atoms with Gasteiger partial charge in [-0.1, -0.05) is 36.3 Å². The number of aromatic nitrogens is 2. The molecule has 25 heavy (non-hydrogen) atoms. The van der Waals surface area contributed by atoms with Crippen molar-refractivity contribution in [2.45, 2.75) is 19.9 Å². The average molecular weight is 344 g/mol. The van der Waals surface area contributed by atoms with Gasteiger partial charge in [-0.15, -0.1) is 0 Å². The number of benzene rings is 1. The second kappa shape index (κ2) is 8.22. The van der Waals surface area contributed by atoms with Gasteiger partial charge in [-0.3, -0.25) is 9.69 Å². The van der Waals surface area contributed by atoms with E-state index in [4.69, 9.17) is 9.26 Å². The second-order valence-electron chi connectivity index (χ2n) is 6.23. The molecule has 7 heteroatoms. The lowest BCUT2D eigenvalue weighted by Gasteiger charge is -2.28. The smallest absolute Gasteiger partial charge is 0.241 e. The number of carbonyl (C=O) groups is 1. The Morgan fingerprint density at radius 1 is 1.24 bits per heavy atom. The van der Waals surface area contributed by atoms with Gasteiger partial charge in [0.05, 0.1) is 26.3 Å². The molecule has 0 aliphatic carbocycles. The Kier molecular flexibility index (Phi) is 5.78. The molecule has 7 nitrogen and oxygen atoms in total. The number of amides is 1. The van der Waals surface area contributed by atoms with Crippen molar-refractivity contribution in [3.8, 4) is 11.4 Å². The Morgan fingerprint density at radius 2 is 1.96 bits per heavy atom. The average Bonchev–Trinajstić information content (AvgIpc) is 3.10. The van der Waals surface area contributed by atoms with Crippen LogP contribution >= 0.6 is 0 Å². The molecule has 1 aliphatic rings. The Morgan fingerprint density at radius 3 is 2.64 bits per heavy atom. The third kappa shape index (κ3) is 4.64. The number of likely N-dealkylation sites (N-methyl/N-ethyl adjacent to an activating group) is 1. The van der Waals surface area contributed by atoms with Crippen LogP contribution in [0.25, 0.3) is 11.4 Å². The van der Waals surface area contributed by atoms with Crippen LogP contribution in [-0.2, 0) is 22.5 Å². The largest absolute Gasteiger partial charge is 0.378 e. The molecule has 0 unspecified atom stereocenters. The van der Waals surface area contributed by atoms with Gasteiger partial charge in [0.1, 0.15) is 0 Å². The van der Waals surface area contributed by atoms with Crippen LogP contribution < -0.4 is 0 Å². The van der Waals surface area contributed by atoms with E-state index in [2.05, 4.69) is 29.2 Å².